The van der Waals surface area contributed by atoms with Gasteiger partial charge >= 0.3 is 6.09 Å². The van der Waals surface area contributed by atoms with Crippen molar-refractivity contribution in [1.29, 1.82) is 0 Å². The lowest BCUT2D eigenvalue weighted by atomic mass is 10.2. The van der Waals surface area contributed by atoms with E-state index in [1.165, 1.54) is 0 Å². The van der Waals surface area contributed by atoms with Crippen LogP contribution >= 0.6 is 11.6 Å². The van der Waals surface area contributed by atoms with E-state index in [1.54, 1.807) is 4.90 Å². The summed E-state index contributed by atoms with van der Waals surface area (Å²) < 4.78 is 10.9. The lowest BCUT2D eigenvalue weighted by Crippen LogP contribution is -2.51. The summed E-state index contributed by atoms with van der Waals surface area (Å²) in [5.41, 5.74) is -0.463. The minimum absolute atomic E-state index is 0.00465. The molecule has 1 rings (SSSR count). The highest BCUT2D eigenvalue weighted by atomic mass is 35.5. The van der Waals surface area contributed by atoms with Crippen LogP contribution in [0.5, 0.6) is 0 Å². The zero-order chi connectivity index (χ0) is 12.3. The fraction of sp³-hybridized carbons (Fsp3) is 0.909. The van der Waals surface area contributed by atoms with Crippen LogP contribution in [0.25, 0.3) is 0 Å². The number of morpholine rings is 1. The molecule has 1 saturated heterocycles. The van der Waals surface area contributed by atoms with Gasteiger partial charge in [-0.2, -0.15) is 0 Å². The molecule has 0 bridgehead atoms. The van der Waals surface area contributed by atoms with Gasteiger partial charge in [0.1, 0.15) is 5.60 Å². The van der Waals surface area contributed by atoms with Gasteiger partial charge in [0.25, 0.3) is 0 Å². The molecule has 0 N–H and O–H groups in total. The summed E-state index contributed by atoms with van der Waals surface area (Å²) in [5, 5.41) is 0. The molecule has 0 spiro atoms. The van der Waals surface area contributed by atoms with Crippen LogP contribution in [0, 0.1) is 0 Å². The molecule has 1 heterocycles. The Hall–Kier alpha value is -0.480. The van der Waals surface area contributed by atoms with Crippen molar-refractivity contribution in [3.05, 3.63) is 0 Å². The molecule has 2 unspecified atom stereocenters. The third-order valence-corrected chi connectivity index (χ3v) is 2.49. The van der Waals surface area contributed by atoms with E-state index in [-0.39, 0.29) is 18.3 Å². The van der Waals surface area contributed by atoms with Gasteiger partial charge in [0, 0.05) is 0 Å². The van der Waals surface area contributed by atoms with E-state index in [2.05, 4.69) is 0 Å². The van der Waals surface area contributed by atoms with Crippen LogP contribution in [-0.2, 0) is 9.47 Å². The zero-order valence-electron chi connectivity index (χ0n) is 10.3. The molecular formula is C11H20ClNO3. The number of rotatable bonds is 1. The minimum atomic E-state index is -0.463. The number of halogens is 1. The second kappa shape index (κ2) is 5.23. The topological polar surface area (TPSA) is 38.8 Å². The fourth-order valence-electron chi connectivity index (χ4n) is 1.61. The van der Waals surface area contributed by atoms with Gasteiger partial charge in [0.05, 0.1) is 31.2 Å². The Morgan fingerprint density at radius 2 is 2.12 bits per heavy atom. The molecule has 4 nitrogen and oxygen atoms in total. The monoisotopic (exact) mass is 249 g/mol. The number of hydrogen-bond acceptors (Lipinski definition) is 3. The Morgan fingerprint density at radius 1 is 1.50 bits per heavy atom. The lowest BCUT2D eigenvalue weighted by molar-refractivity contribution is -0.0711. The van der Waals surface area contributed by atoms with Crippen molar-refractivity contribution in [2.24, 2.45) is 0 Å². The average Bonchev–Trinajstić information content (AvgIpc) is 2.14. The van der Waals surface area contributed by atoms with Crippen LogP contribution in [0.1, 0.15) is 27.7 Å². The molecule has 94 valence electrons. The van der Waals surface area contributed by atoms with E-state index in [0.29, 0.717) is 19.0 Å². The molecule has 1 amide bonds. The predicted octanol–water partition coefficient (Wildman–Crippen LogP) is 2.25. The van der Waals surface area contributed by atoms with E-state index in [4.69, 9.17) is 21.1 Å². The zero-order valence-corrected chi connectivity index (χ0v) is 11.1. The first kappa shape index (κ1) is 13.6. The molecule has 0 aromatic heterocycles. The van der Waals surface area contributed by atoms with Crippen LogP contribution in [0.4, 0.5) is 4.79 Å². The molecule has 1 aliphatic heterocycles. The second-order valence-electron chi connectivity index (χ2n) is 5.11. The van der Waals surface area contributed by atoms with Crippen molar-refractivity contribution in [3.8, 4) is 0 Å². The number of alkyl halides is 1. The Labute approximate surface area is 102 Å². The van der Waals surface area contributed by atoms with Gasteiger partial charge in [-0.1, -0.05) is 0 Å². The van der Waals surface area contributed by atoms with Gasteiger partial charge in [-0.05, 0) is 27.7 Å². The number of nitrogens with zero attached hydrogens (tertiary/aromatic N) is 1. The molecule has 0 saturated carbocycles. The van der Waals surface area contributed by atoms with E-state index in [0.717, 1.165) is 0 Å². The highest BCUT2D eigenvalue weighted by Crippen LogP contribution is 2.16. The normalized spacial score (nSPS) is 26.7. The van der Waals surface area contributed by atoms with Gasteiger partial charge in [-0.25, -0.2) is 4.79 Å². The Morgan fingerprint density at radius 3 is 2.62 bits per heavy atom. The highest BCUT2D eigenvalue weighted by Gasteiger charge is 2.30. The quantitative estimate of drug-likeness (QED) is 0.669. The molecular weight excluding hydrogens is 230 g/mol. The van der Waals surface area contributed by atoms with Crippen LogP contribution in [0.3, 0.4) is 0 Å². The predicted molar refractivity (Wildman–Crippen MR) is 62.9 cm³/mol. The van der Waals surface area contributed by atoms with E-state index >= 15 is 0 Å². The van der Waals surface area contributed by atoms with Crippen molar-refractivity contribution in [3.63, 3.8) is 0 Å². The number of ether oxygens (including phenoxy) is 2. The number of amides is 1. The summed E-state index contributed by atoms with van der Waals surface area (Å²) in [4.78, 5) is 13.5. The average molecular weight is 250 g/mol. The standard InChI is InChI=1S/C11H20ClNO3/c1-8-6-13(7-9(5-12)15-8)10(14)16-11(2,3)4/h8-9H,5-7H2,1-4H3. The van der Waals surface area contributed by atoms with E-state index < -0.39 is 5.60 Å². The Balaban J connectivity index is 2.55. The summed E-state index contributed by atoms with van der Waals surface area (Å²) in [6.45, 7) is 8.55. The molecule has 0 aromatic rings. The van der Waals surface area contributed by atoms with Gasteiger partial charge in [-0.3, -0.25) is 0 Å². The summed E-state index contributed by atoms with van der Waals surface area (Å²) in [6, 6.07) is 0. The van der Waals surface area contributed by atoms with Crippen LogP contribution in [0.15, 0.2) is 0 Å². The lowest BCUT2D eigenvalue weighted by Gasteiger charge is -2.36. The third-order valence-electron chi connectivity index (χ3n) is 2.15. The first-order valence-electron chi connectivity index (χ1n) is 5.51. The molecule has 16 heavy (non-hydrogen) atoms. The molecule has 5 heteroatoms. The van der Waals surface area contributed by atoms with Gasteiger partial charge < -0.3 is 14.4 Å². The van der Waals surface area contributed by atoms with E-state index in [9.17, 15) is 4.79 Å². The maximum Gasteiger partial charge on any atom is 0.410 e. The van der Waals surface area contributed by atoms with Crippen LogP contribution in [-0.4, -0.2) is 47.8 Å². The van der Waals surface area contributed by atoms with Gasteiger partial charge in [-0.15, -0.1) is 11.6 Å². The Kier molecular flexibility index (Phi) is 4.44. The number of hydrogen-bond donors (Lipinski definition) is 0. The van der Waals surface area contributed by atoms with E-state index in [1.807, 2.05) is 27.7 Å². The molecule has 1 aliphatic rings. The van der Waals surface area contributed by atoms with Crippen LogP contribution < -0.4 is 0 Å². The number of carbonyl (C=O) groups is 1. The number of carbonyl (C=O) groups excluding carboxylic acids is 1. The van der Waals surface area contributed by atoms with Gasteiger partial charge in [0.15, 0.2) is 0 Å². The van der Waals surface area contributed by atoms with Crippen molar-refractivity contribution in [1.82, 2.24) is 4.90 Å². The summed E-state index contributed by atoms with van der Waals surface area (Å²) in [7, 11) is 0. The van der Waals surface area contributed by atoms with Crippen molar-refractivity contribution in [2.45, 2.75) is 45.5 Å². The summed E-state index contributed by atoms with van der Waals surface area (Å²) >= 11 is 5.74. The summed E-state index contributed by atoms with van der Waals surface area (Å²) in [6.07, 6.45) is -0.388. The minimum Gasteiger partial charge on any atom is -0.444 e. The maximum atomic E-state index is 11.8. The molecule has 0 aliphatic carbocycles. The van der Waals surface area contributed by atoms with Crippen LogP contribution in [0.2, 0.25) is 0 Å². The SMILES string of the molecule is CC1CN(C(=O)OC(C)(C)C)CC(CCl)O1. The summed E-state index contributed by atoms with van der Waals surface area (Å²) in [5.74, 6) is 0.392. The van der Waals surface area contributed by atoms with Crippen molar-refractivity contribution in [2.75, 3.05) is 19.0 Å². The second-order valence-corrected chi connectivity index (χ2v) is 5.42. The first-order chi connectivity index (χ1) is 7.31. The smallest absolute Gasteiger partial charge is 0.410 e. The first-order valence-corrected chi connectivity index (χ1v) is 6.04. The van der Waals surface area contributed by atoms with Gasteiger partial charge in [0.2, 0.25) is 0 Å². The molecule has 1 fully saturated rings. The van der Waals surface area contributed by atoms with Crippen molar-refractivity contribution < 1.29 is 14.3 Å². The largest absolute Gasteiger partial charge is 0.444 e. The molecule has 0 radical (unpaired) electrons. The van der Waals surface area contributed by atoms with Crippen molar-refractivity contribution >= 4 is 17.7 Å². The maximum absolute atomic E-state index is 11.8. The molecule has 2 atom stereocenters. The molecule has 0 aromatic carbocycles. The Bertz CT molecular complexity index is 252. The fourth-order valence-corrected chi connectivity index (χ4v) is 1.78. The highest BCUT2D eigenvalue weighted by molar-refractivity contribution is 6.18. The third kappa shape index (κ3) is 4.18.